The highest BCUT2D eigenvalue weighted by Gasteiger charge is 2.29. The predicted octanol–water partition coefficient (Wildman–Crippen LogP) is 1.58. The van der Waals surface area contributed by atoms with Crippen molar-refractivity contribution >= 4 is 10.0 Å². The van der Waals surface area contributed by atoms with Gasteiger partial charge in [-0.05, 0) is 19.9 Å². The fraction of sp³-hybridized carbons (Fsp3) is 0.500. The van der Waals surface area contributed by atoms with Gasteiger partial charge in [0, 0.05) is 30.9 Å². The van der Waals surface area contributed by atoms with Crippen molar-refractivity contribution in [3.63, 3.8) is 0 Å². The molecule has 0 aromatic carbocycles. The SMILES string of the molecule is C=CCN(CC=C)S(=O)(=O)c1n[nH]c(C)c1CNCCC. The van der Waals surface area contributed by atoms with Gasteiger partial charge < -0.3 is 5.32 Å². The lowest BCUT2D eigenvalue weighted by molar-refractivity contribution is 0.469. The summed E-state index contributed by atoms with van der Waals surface area (Å²) in [5.41, 5.74) is 1.44. The Bertz CT molecular complexity index is 568. The minimum absolute atomic E-state index is 0.0762. The highest BCUT2D eigenvalue weighted by molar-refractivity contribution is 7.89. The van der Waals surface area contributed by atoms with E-state index in [4.69, 9.17) is 0 Å². The van der Waals surface area contributed by atoms with Crippen LogP contribution in [0.1, 0.15) is 24.6 Å². The smallest absolute Gasteiger partial charge is 0.263 e. The summed E-state index contributed by atoms with van der Waals surface area (Å²) in [6.45, 7) is 12.8. The van der Waals surface area contributed by atoms with Crippen molar-refractivity contribution in [3.05, 3.63) is 36.6 Å². The molecule has 1 aromatic rings. The number of aryl methyl sites for hydroxylation is 1. The lowest BCUT2D eigenvalue weighted by atomic mass is 10.2. The Morgan fingerprint density at radius 1 is 1.33 bits per heavy atom. The Kier molecular flexibility index (Phi) is 6.80. The molecule has 0 fully saturated rings. The summed E-state index contributed by atoms with van der Waals surface area (Å²) in [5.74, 6) is 0. The van der Waals surface area contributed by atoms with Gasteiger partial charge in [-0.2, -0.15) is 9.40 Å². The van der Waals surface area contributed by atoms with Crippen LogP contribution in [0.4, 0.5) is 0 Å². The maximum atomic E-state index is 12.7. The van der Waals surface area contributed by atoms with E-state index < -0.39 is 10.0 Å². The number of rotatable bonds is 10. The van der Waals surface area contributed by atoms with Gasteiger partial charge in [-0.3, -0.25) is 5.10 Å². The molecule has 2 N–H and O–H groups in total. The molecular formula is C14H24N4O2S. The summed E-state index contributed by atoms with van der Waals surface area (Å²) in [6.07, 6.45) is 4.09. The Hall–Kier alpha value is -1.44. The number of hydrogen-bond acceptors (Lipinski definition) is 4. The monoisotopic (exact) mass is 312 g/mol. The number of nitrogens with one attached hydrogen (secondary N) is 2. The first-order chi connectivity index (χ1) is 9.98. The quantitative estimate of drug-likeness (QED) is 0.508. The lowest BCUT2D eigenvalue weighted by Crippen LogP contribution is -2.32. The molecule has 0 saturated heterocycles. The van der Waals surface area contributed by atoms with Crippen molar-refractivity contribution in [2.24, 2.45) is 0 Å². The minimum Gasteiger partial charge on any atom is -0.313 e. The van der Waals surface area contributed by atoms with Crippen molar-refractivity contribution in [1.82, 2.24) is 19.8 Å². The summed E-state index contributed by atoms with van der Waals surface area (Å²) >= 11 is 0. The molecule has 0 radical (unpaired) electrons. The first-order valence-corrected chi connectivity index (χ1v) is 8.39. The van der Waals surface area contributed by atoms with Gasteiger partial charge in [0.2, 0.25) is 0 Å². The zero-order chi connectivity index (χ0) is 15.9. The molecule has 1 heterocycles. The van der Waals surface area contributed by atoms with E-state index in [1.165, 1.54) is 4.31 Å². The number of sulfonamides is 1. The predicted molar refractivity (Wildman–Crippen MR) is 84.5 cm³/mol. The number of hydrogen-bond donors (Lipinski definition) is 2. The number of aromatic nitrogens is 2. The summed E-state index contributed by atoms with van der Waals surface area (Å²) in [5, 5.41) is 10.0. The van der Waals surface area contributed by atoms with Gasteiger partial charge in [-0.1, -0.05) is 19.1 Å². The van der Waals surface area contributed by atoms with E-state index in [1.54, 1.807) is 12.2 Å². The van der Waals surface area contributed by atoms with Gasteiger partial charge >= 0.3 is 0 Å². The van der Waals surface area contributed by atoms with Crippen LogP contribution >= 0.6 is 0 Å². The Morgan fingerprint density at radius 2 is 1.95 bits per heavy atom. The average Bonchev–Trinajstić information content (AvgIpc) is 2.81. The molecule has 0 saturated carbocycles. The third kappa shape index (κ3) is 4.26. The van der Waals surface area contributed by atoms with Crippen molar-refractivity contribution in [3.8, 4) is 0 Å². The van der Waals surface area contributed by atoms with Crippen LogP contribution in [0.5, 0.6) is 0 Å². The second kappa shape index (κ2) is 8.11. The highest BCUT2D eigenvalue weighted by Crippen LogP contribution is 2.20. The van der Waals surface area contributed by atoms with E-state index in [2.05, 4.69) is 35.6 Å². The molecule has 21 heavy (non-hydrogen) atoms. The lowest BCUT2D eigenvalue weighted by Gasteiger charge is -2.18. The van der Waals surface area contributed by atoms with Crippen LogP contribution in [0.15, 0.2) is 30.3 Å². The number of aromatic amines is 1. The van der Waals surface area contributed by atoms with Crippen molar-refractivity contribution < 1.29 is 8.42 Å². The fourth-order valence-electron chi connectivity index (χ4n) is 1.92. The molecule has 0 atom stereocenters. The summed E-state index contributed by atoms with van der Waals surface area (Å²) in [7, 11) is -3.66. The van der Waals surface area contributed by atoms with Crippen molar-refractivity contribution in [1.29, 1.82) is 0 Å². The Morgan fingerprint density at radius 3 is 2.48 bits per heavy atom. The zero-order valence-corrected chi connectivity index (χ0v) is 13.5. The standard InChI is InChI=1S/C14H24N4O2S/c1-5-8-15-11-13-12(4)16-17-14(13)21(19,20)18(9-6-2)10-7-3/h6-7,15H,2-3,5,8-11H2,1,4H3,(H,16,17). The van der Waals surface area contributed by atoms with Crippen LogP contribution in [0.2, 0.25) is 0 Å². The van der Waals surface area contributed by atoms with Gasteiger partial charge in [0.1, 0.15) is 0 Å². The van der Waals surface area contributed by atoms with Crippen molar-refractivity contribution in [2.75, 3.05) is 19.6 Å². The second-order valence-electron chi connectivity index (χ2n) is 4.71. The van der Waals surface area contributed by atoms with E-state index in [1.807, 2.05) is 6.92 Å². The van der Waals surface area contributed by atoms with Crippen LogP contribution in [0, 0.1) is 6.92 Å². The molecule has 7 heteroatoms. The molecule has 6 nitrogen and oxygen atoms in total. The molecule has 1 aromatic heterocycles. The zero-order valence-electron chi connectivity index (χ0n) is 12.7. The molecule has 0 spiro atoms. The van der Waals surface area contributed by atoms with E-state index in [0.717, 1.165) is 18.7 Å². The van der Waals surface area contributed by atoms with Crippen LogP contribution in [0.25, 0.3) is 0 Å². The van der Waals surface area contributed by atoms with Gasteiger partial charge in [0.15, 0.2) is 5.03 Å². The third-order valence-electron chi connectivity index (χ3n) is 3.01. The van der Waals surface area contributed by atoms with Gasteiger partial charge in [-0.25, -0.2) is 8.42 Å². The summed E-state index contributed by atoms with van der Waals surface area (Å²) in [4.78, 5) is 0. The highest BCUT2D eigenvalue weighted by atomic mass is 32.2. The molecular weight excluding hydrogens is 288 g/mol. The average molecular weight is 312 g/mol. The fourth-order valence-corrected chi connectivity index (χ4v) is 3.47. The van der Waals surface area contributed by atoms with Crippen LogP contribution in [-0.2, 0) is 16.6 Å². The topological polar surface area (TPSA) is 78.1 Å². The second-order valence-corrected chi connectivity index (χ2v) is 6.56. The van der Waals surface area contributed by atoms with Crippen LogP contribution in [0.3, 0.4) is 0 Å². The van der Waals surface area contributed by atoms with Gasteiger partial charge in [0.25, 0.3) is 10.0 Å². The summed E-state index contributed by atoms with van der Waals surface area (Å²) in [6, 6.07) is 0. The molecule has 1 rings (SSSR count). The number of H-pyrrole nitrogens is 1. The summed E-state index contributed by atoms with van der Waals surface area (Å²) < 4.78 is 26.7. The first-order valence-electron chi connectivity index (χ1n) is 6.95. The third-order valence-corrected chi connectivity index (χ3v) is 4.82. The first kappa shape index (κ1) is 17.6. The van der Waals surface area contributed by atoms with E-state index >= 15 is 0 Å². The molecule has 118 valence electrons. The maximum Gasteiger partial charge on any atom is 0.263 e. The number of nitrogens with zero attached hydrogens (tertiary/aromatic N) is 2. The molecule has 0 amide bonds. The normalized spacial score (nSPS) is 11.8. The Balaban J connectivity index is 3.11. The molecule has 0 aliphatic carbocycles. The maximum absolute atomic E-state index is 12.7. The van der Waals surface area contributed by atoms with Crippen molar-refractivity contribution in [2.45, 2.75) is 31.8 Å². The largest absolute Gasteiger partial charge is 0.313 e. The van der Waals surface area contributed by atoms with E-state index in [9.17, 15) is 8.42 Å². The Labute approximate surface area is 127 Å². The van der Waals surface area contributed by atoms with E-state index in [0.29, 0.717) is 12.1 Å². The van der Waals surface area contributed by atoms with Crippen LogP contribution in [-0.4, -0.2) is 42.6 Å². The minimum atomic E-state index is -3.66. The van der Waals surface area contributed by atoms with Gasteiger partial charge in [-0.15, -0.1) is 13.2 Å². The molecule has 0 bridgehead atoms. The van der Waals surface area contributed by atoms with Crippen LogP contribution < -0.4 is 5.32 Å². The van der Waals surface area contributed by atoms with Gasteiger partial charge in [0.05, 0.1) is 0 Å². The molecule has 0 aliphatic heterocycles. The molecule has 0 aliphatic rings. The van der Waals surface area contributed by atoms with E-state index in [-0.39, 0.29) is 18.1 Å². The molecule has 0 unspecified atom stereocenters.